The molecule has 3 rings (SSSR count). The molecule has 28 heavy (non-hydrogen) atoms. The normalized spacial score (nSPS) is 11.0. The van der Waals surface area contributed by atoms with Crippen LogP contribution in [0.2, 0.25) is 0 Å². The standard InChI is InChI=1S/C25H30N2O/c1-6-20-14-17(4)15-21(7-2)23(20)24-22(8-3)18(5)26-27(25(24)28)16-19-12-10-9-11-13-19/h9-15H,6-8,16H2,1-5H3. The van der Waals surface area contributed by atoms with Crippen LogP contribution in [0.25, 0.3) is 11.1 Å². The highest BCUT2D eigenvalue weighted by Gasteiger charge is 2.20. The Labute approximate surface area is 168 Å². The van der Waals surface area contributed by atoms with Gasteiger partial charge in [-0.2, -0.15) is 5.10 Å². The molecule has 0 unspecified atom stereocenters. The van der Waals surface area contributed by atoms with Crippen LogP contribution in [0.3, 0.4) is 0 Å². The molecule has 3 aromatic rings. The van der Waals surface area contributed by atoms with Crippen LogP contribution in [0.5, 0.6) is 0 Å². The molecule has 2 aromatic carbocycles. The summed E-state index contributed by atoms with van der Waals surface area (Å²) in [5, 5.41) is 4.66. The predicted octanol–water partition coefficient (Wildman–Crippen LogP) is 5.26. The van der Waals surface area contributed by atoms with Crippen LogP contribution in [-0.2, 0) is 25.8 Å². The molecule has 0 saturated carbocycles. The fourth-order valence-corrected chi connectivity index (χ4v) is 4.10. The molecule has 0 fully saturated rings. The summed E-state index contributed by atoms with van der Waals surface area (Å²) in [6, 6.07) is 14.5. The van der Waals surface area contributed by atoms with Crippen LogP contribution in [0.1, 0.15) is 54.3 Å². The first kappa shape index (κ1) is 20.1. The second-order valence-corrected chi connectivity index (χ2v) is 7.41. The van der Waals surface area contributed by atoms with E-state index >= 15 is 0 Å². The van der Waals surface area contributed by atoms with Gasteiger partial charge in [0.2, 0.25) is 0 Å². The summed E-state index contributed by atoms with van der Waals surface area (Å²) in [6.07, 6.45) is 2.62. The molecular formula is C25H30N2O. The van der Waals surface area contributed by atoms with Gasteiger partial charge in [-0.1, -0.05) is 68.8 Å². The van der Waals surface area contributed by atoms with Gasteiger partial charge in [0.25, 0.3) is 5.56 Å². The number of aryl methyl sites for hydroxylation is 4. The molecule has 0 saturated heterocycles. The Kier molecular flexibility index (Phi) is 6.13. The lowest BCUT2D eigenvalue weighted by molar-refractivity contribution is 0.624. The summed E-state index contributed by atoms with van der Waals surface area (Å²) in [6.45, 7) is 11.1. The lowest BCUT2D eigenvalue weighted by atomic mass is 9.87. The first-order valence-corrected chi connectivity index (χ1v) is 10.3. The van der Waals surface area contributed by atoms with E-state index in [0.29, 0.717) is 6.54 Å². The third-order valence-electron chi connectivity index (χ3n) is 5.44. The third kappa shape index (κ3) is 3.80. The molecule has 0 amide bonds. The van der Waals surface area contributed by atoms with E-state index in [9.17, 15) is 4.79 Å². The molecule has 3 nitrogen and oxygen atoms in total. The minimum atomic E-state index is 0.0135. The van der Waals surface area contributed by atoms with E-state index in [-0.39, 0.29) is 5.56 Å². The second-order valence-electron chi connectivity index (χ2n) is 7.41. The molecular weight excluding hydrogens is 344 g/mol. The molecule has 0 aliphatic heterocycles. The number of benzene rings is 2. The fourth-order valence-electron chi connectivity index (χ4n) is 4.10. The van der Waals surface area contributed by atoms with E-state index in [2.05, 4.69) is 44.9 Å². The number of nitrogens with zero attached hydrogens (tertiary/aromatic N) is 2. The van der Waals surface area contributed by atoms with E-state index in [1.165, 1.54) is 16.7 Å². The molecule has 146 valence electrons. The van der Waals surface area contributed by atoms with Gasteiger partial charge in [-0.3, -0.25) is 4.79 Å². The molecule has 0 aliphatic rings. The zero-order chi connectivity index (χ0) is 20.3. The SMILES string of the molecule is CCc1cc(C)cc(CC)c1-c1c(CC)c(C)nn(Cc2ccccc2)c1=O. The molecule has 0 aliphatic carbocycles. The minimum absolute atomic E-state index is 0.0135. The van der Waals surface area contributed by atoms with Crippen molar-refractivity contribution in [3.63, 3.8) is 0 Å². The first-order valence-electron chi connectivity index (χ1n) is 10.3. The van der Waals surface area contributed by atoms with Gasteiger partial charge in [-0.15, -0.1) is 0 Å². The van der Waals surface area contributed by atoms with Crippen LogP contribution in [0.4, 0.5) is 0 Å². The molecule has 1 heterocycles. The van der Waals surface area contributed by atoms with Gasteiger partial charge in [0.1, 0.15) is 0 Å². The van der Waals surface area contributed by atoms with Gasteiger partial charge < -0.3 is 0 Å². The number of aromatic nitrogens is 2. The second kappa shape index (κ2) is 8.55. The zero-order valence-electron chi connectivity index (χ0n) is 17.7. The van der Waals surface area contributed by atoms with E-state index in [1.54, 1.807) is 4.68 Å². The Morgan fingerprint density at radius 3 is 2.00 bits per heavy atom. The van der Waals surface area contributed by atoms with Crippen molar-refractivity contribution in [3.8, 4) is 11.1 Å². The van der Waals surface area contributed by atoms with E-state index < -0.39 is 0 Å². The Bertz CT molecular complexity index is 1010. The van der Waals surface area contributed by atoms with Crippen molar-refractivity contribution in [2.24, 2.45) is 0 Å². The number of hydrogen-bond acceptors (Lipinski definition) is 2. The highest BCUT2D eigenvalue weighted by Crippen LogP contribution is 2.31. The topological polar surface area (TPSA) is 34.9 Å². The quantitative estimate of drug-likeness (QED) is 0.590. The van der Waals surface area contributed by atoms with Gasteiger partial charge in [-0.05, 0) is 60.9 Å². The van der Waals surface area contributed by atoms with E-state index in [0.717, 1.165) is 47.2 Å². The van der Waals surface area contributed by atoms with Crippen molar-refractivity contribution < 1.29 is 0 Å². The summed E-state index contributed by atoms with van der Waals surface area (Å²) in [5.41, 5.74) is 8.85. The molecule has 0 N–H and O–H groups in total. The van der Waals surface area contributed by atoms with Crippen molar-refractivity contribution in [1.29, 1.82) is 0 Å². The molecule has 0 atom stereocenters. The van der Waals surface area contributed by atoms with Crippen molar-refractivity contribution >= 4 is 0 Å². The average molecular weight is 375 g/mol. The Morgan fingerprint density at radius 2 is 1.46 bits per heavy atom. The maximum absolute atomic E-state index is 13.6. The molecule has 0 radical (unpaired) electrons. The highest BCUT2D eigenvalue weighted by atomic mass is 16.1. The average Bonchev–Trinajstić information content (AvgIpc) is 2.70. The van der Waals surface area contributed by atoms with Crippen LogP contribution < -0.4 is 5.56 Å². The van der Waals surface area contributed by atoms with Gasteiger partial charge >= 0.3 is 0 Å². The molecule has 3 heteroatoms. The summed E-state index contributed by atoms with van der Waals surface area (Å²) in [4.78, 5) is 13.6. The van der Waals surface area contributed by atoms with Crippen LogP contribution in [0.15, 0.2) is 47.3 Å². The molecule has 0 spiro atoms. The largest absolute Gasteiger partial charge is 0.275 e. The Balaban J connectivity index is 2.31. The first-order chi connectivity index (χ1) is 13.5. The van der Waals surface area contributed by atoms with Crippen LogP contribution >= 0.6 is 0 Å². The van der Waals surface area contributed by atoms with Crippen LogP contribution in [-0.4, -0.2) is 9.78 Å². The highest BCUT2D eigenvalue weighted by molar-refractivity contribution is 5.74. The lowest BCUT2D eigenvalue weighted by Gasteiger charge is -2.20. The minimum Gasteiger partial charge on any atom is -0.267 e. The maximum Gasteiger partial charge on any atom is 0.275 e. The van der Waals surface area contributed by atoms with Gasteiger partial charge in [0, 0.05) is 0 Å². The summed E-state index contributed by atoms with van der Waals surface area (Å²) in [7, 11) is 0. The van der Waals surface area contributed by atoms with E-state index in [4.69, 9.17) is 0 Å². The summed E-state index contributed by atoms with van der Waals surface area (Å²) >= 11 is 0. The van der Waals surface area contributed by atoms with Crippen molar-refractivity contribution in [3.05, 3.63) is 86.3 Å². The van der Waals surface area contributed by atoms with Gasteiger partial charge in [-0.25, -0.2) is 4.68 Å². The van der Waals surface area contributed by atoms with Crippen LogP contribution in [0, 0.1) is 13.8 Å². The fraction of sp³-hybridized carbons (Fsp3) is 0.360. The summed E-state index contributed by atoms with van der Waals surface area (Å²) in [5.74, 6) is 0. The van der Waals surface area contributed by atoms with Crippen molar-refractivity contribution in [2.75, 3.05) is 0 Å². The van der Waals surface area contributed by atoms with E-state index in [1.807, 2.05) is 37.3 Å². The monoisotopic (exact) mass is 374 g/mol. The number of rotatable bonds is 6. The zero-order valence-corrected chi connectivity index (χ0v) is 17.7. The smallest absolute Gasteiger partial charge is 0.267 e. The van der Waals surface area contributed by atoms with Gasteiger partial charge in [0.15, 0.2) is 0 Å². The predicted molar refractivity (Wildman–Crippen MR) is 117 cm³/mol. The summed E-state index contributed by atoms with van der Waals surface area (Å²) < 4.78 is 1.64. The van der Waals surface area contributed by atoms with Gasteiger partial charge in [0.05, 0.1) is 17.8 Å². The number of hydrogen-bond donors (Lipinski definition) is 0. The van der Waals surface area contributed by atoms with Crippen molar-refractivity contribution in [1.82, 2.24) is 9.78 Å². The maximum atomic E-state index is 13.6. The molecule has 0 bridgehead atoms. The van der Waals surface area contributed by atoms with Crippen molar-refractivity contribution in [2.45, 2.75) is 60.4 Å². The Morgan fingerprint density at radius 1 is 0.857 bits per heavy atom. The lowest BCUT2D eigenvalue weighted by Crippen LogP contribution is -2.28. The molecule has 1 aromatic heterocycles. The third-order valence-corrected chi connectivity index (χ3v) is 5.44. The Hall–Kier alpha value is -2.68.